The molecule has 55 heavy (non-hydrogen) atoms. The van der Waals surface area contributed by atoms with Crippen LogP contribution in [-0.2, 0) is 35.4 Å². The summed E-state index contributed by atoms with van der Waals surface area (Å²) in [7, 11) is 5.41. The summed E-state index contributed by atoms with van der Waals surface area (Å²) in [6.07, 6.45) is 6.58. The highest BCUT2D eigenvalue weighted by Gasteiger charge is 2.32. The quantitative estimate of drug-likeness (QED) is 0.0272. The van der Waals surface area contributed by atoms with Crippen LogP contribution in [0, 0.1) is 0 Å². The average molecular weight is 903 g/mol. The van der Waals surface area contributed by atoms with E-state index in [4.69, 9.17) is 82.7 Å². The van der Waals surface area contributed by atoms with E-state index in [2.05, 4.69) is 34.1 Å². The standard InChI is InChI=1S/C35H48Cl2N9O3P3S3/c1-10-34(5,50(53)44(7)39-24-27-12-18-30(19-13-27)47-33(3,4)42-43-38)48-31-20-14-28(15-21-31)25-40-45(8)51(54)35(6,11-2)49-32-22-16-29(17-23-32)26-41-46(9)52(36,37)55/h12-26,50-51H,10-11H2,1-9H3/b39-24+,40-25+,41-26+. The molecule has 0 saturated heterocycles. The van der Waals surface area contributed by atoms with Crippen LogP contribution in [0.1, 0.15) is 71.1 Å². The van der Waals surface area contributed by atoms with Crippen molar-refractivity contribution in [2.75, 3.05) is 21.1 Å². The highest BCUT2D eigenvalue weighted by atomic mass is 35.9. The van der Waals surface area contributed by atoms with Gasteiger partial charge in [-0.15, -0.1) is 0 Å². The molecular weight excluding hydrogens is 854 g/mol. The SMILES string of the molecule is CCC(C)(Oc1ccc(/C=N/N(C)[PH](=S)C(C)(CC)Oc2ccc(/C=N/N(C)P(=S)(Cl)Cl)cc2)cc1)[PH](=S)N(C)/N=C/c1ccc(OC(C)(C)N=[N+]=[N-])cc1. The highest BCUT2D eigenvalue weighted by Crippen LogP contribution is 2.59. The second-order valence-electron chi connectivity index (χ2n) is 13.1. The maximum atomic E-state index is 8.73. The number of nitrogens with zero attached hydrogens (tertiary/aromatic N) is 9. The summed E-state index contributed by atoms with van der Waals surface area (Å²) in [6, 6.07) is 22.6. The summed E-state index contributed by atoms with van der Waals surface area (Å²) in [6.45, 7) is 8.16. The van der Waals surface area contributed by atoms with Gasteiger partial charge in [-0.25, -0.2) is 4.78 Å². The van der Waals surface area contributed by atoms with Gasteiger partial charge < -0.3 is 14.2 Å². The summed E-state index contributed by atoms with van der Waals surface area (Å²) in [5.41, 5.74) is 10.3. The van der Waals surface area contributed by atoms with Crippen molar-refractivity contribution >= 4 is 95.1 Å². The van der Waals surface area contributed by atoms with Crippen LogP contribution in [0.15, 0.2) is 93.2 Å². The van der Waals surface area contributed by atoms with Crippen LogP contribution in [0.2, 0.25) is 0 Å². The lowest BCUT2D eigenvalue weighted by atomic mass is 10.2. The molecule has 0 aliphatic carbocycles. The van der Waals surface area contributed by atoms with Crippen LogP contribution >= 0.6 is 41.1 Å². The van der Waals surface area contributed by atoms with Gasteiger partial charge >= 0.3 is 0 Å². The molecule has 0 aromatic heterocycles. The molecule has 298 valence electrons. The first-order valence-corrected chi connectivity index (χ1v) is 26.8. The van der Waals surface area contributed by atoms with E-state index in [9.17, 15) is 0 Å². The number of ether oxygens (including phenoxy) is 3. The van der Waals surface area contributed by atoms with E-state index in [0.29, 0.717) is 30.1 Å². The van der Waals surface area contributed by atoms with Gasteiger partial charge in [0.15, 0.2) is 5.72 Å². The number of halogens is 2. The zero-order valence-corrected chi connectivity index (χ0v) is 39.1. The van der Waals surface area contributed by atoms with E-state index in [1.165, 1.54) is 4.78 Å². The molecule has 4 atom stereocenters. The Balaban J connectivity index is 1.60. The monoisotopic (exact) mass is 901 g/mol. The Kier molecular flexibility index (Phi) is 17.5. The zero-order chi connectivity index (χ0) is 41.0. The summed E-state index contributed by atoms with van der Waals surface area (Å²) < 4.78 is 23.8. The minimum Gasteiger partial charge on any atom is -0.482 e. The van der Waals surface area contributed by atoms with Crippen molar-refractivity contribution in [2.45, 2.75) is 70.8 Å². The molecule has 3 aromatic rings. The van der Waals surface area contributed by atoms with Gasteiger partial charge in [0.05, 0.1) is 32.3 Å². The van der Waals surface area contributed by atoms with Crippen molar-refractivity contribution in [3.8, 4) is 17.2 Å². The maximum Gasteiger partial charge on any atom is 0.222 e. The largest absolute Gasteiger partial charge is 0.482 e. The number of benzene rings is 3. The number of azide groups is 1. The Labute approximate surface area is 351 Å². The predicted octanol–water partition coefficient (Wildman–Crippen LogP) is 11.2. The minimum atomic E-state index is -2.67. The van der Waals surface area contributed by atoms with Crippen LogP contribution in [0.5, 0.6) is 17.2 Å². The van der Waals surface area contributed by atoms with Crippen molar-refractivity contribution in [2.24, 2.45) is 20.4 Å². The van der Waals surface area contributed by atoms with E-state index >= 15 is 0 Å². The lowest BCUT2D eigenvalue weighted by Gasteiger charge is -2.34. The molecule has 3 aromatic carbocycles. The molecule has 12 nitrogen and oxygen atoms in total. The predicted molar refractivity (Wildman–Crippen MR) is 245 cm³/mol. The highest BCUT2D eigenvalue weighted by molar-refractivity contribution is 8.37. The second-order valence-corrected chi connectivity index (χ2v) is 27.8. The van der Waals surface area contributed by atoms with Crippen molar-refractivity contribution in [1.82, 2.24) is 14.3 Å². The summed E-state index contributed by atoms with van der Waals surface area (Å²) in [5, 5.41) is 16.0. The fraction of sp³-hybridized carbons (Fsp3) is 0.400. The first-order valence-electron chi connectivity index (χ1n) is 17.1. The molecule has 0 spiro atoms. The molecular formula is C35H48Cl2N9O3P3S3. The van der Waals surface area contributed by atoms with Gasteiger partial charge in [0, 0.05) is 26.1 Å². The van der Waals surface area contributed by atoms with Gasteiger partial charge in [-0.05, 0) is 175 Å². The molecule has 0 fully saturated rings. The molecule has 0 bridgehead atoms. The second kappa shape index (κ2) is 20.6. The molecule has 4 unspecified atom stereocenters. The van der Waals surface area contributed by atoms with Gasteiger partial charge in [0.25, 0.3) is 0 Å². The fourth-order valence-corrected chi connectivity index (χ4v) is 9.28. The molecule has 0 radical (unpaired) electrons. The summed E-state index contributed by atoms with van der Waals surface area (Å²) in [5.74, 6) is 1.98. The minimum absolute atomic E-state index is 0.584. The molecule has 0 aliphatic rings. The van der Waals surface area contributed by atoms with Crippen LogP contribution in [0.3, 0.4) is 0 Å². The Morgan fingerprint density at radius 3 is 1.31 bits per heavy atom. The van der Waals surface area contributed by atoms with Crippen molar-refractivity contribution < 1.29 is 14.2 Å². The number of hydrogen-bond acceptors (Lipinski definition) is 10. The fourth-order valence-electron chi connectivity index (χ4n) is 4.64. The van der Waals surface area contributed by atoms with Crippen LogP contribution in [0.25, 0.3) is 10.4 Å². The topological polar surface area (TPSA) is 123 Å². The molecule has 20 heteroatoms. The van der Waals surface area contributed by atoms with Crippen LogP contribution in [0.4, 0.5) is 0 Å². The van der Waals surface area contributed by atoms with Crippen LogP contribution < -0.4 is 14.2 Å². The third kappa shape index (κ3) is 14.3. The number of hydrazone groups is 3. The van der Waals surface area contributed by atoms with E-state index in [1.807, 2.05) is 98.2 Å². The van der Waals surface area contributed by atoms with Gasteiger partial charge in [-0.3, -0.25) is 9.56 Å². The Bertz CT molecular complexity index is 1980. The lowest BCUT2D eigenvalue weighted by molar-refractivity contribution is 0.117. The van der Waals surface area contributed by atoms with Crippen molar-refractivity contribution in [3.63, 3.8) is 0 Å². The van der Waals surface area contributed by atoms with Crippen LogP contribution in [-0.4, -0.2) is 70.5 Å². The smallest absolute Gasteiger partial charge is 0.222 e. The summed E-state index contributed by atoms with van der Waals surface area (Å²) >= 11 is 29.1. The van der Waals surface area contributed by atoms with Crippen molar-refractivity contribution in [3.05, 3.63) is 99.9 Å². The van der Waals surface area contributed by atoms with E-state index in [0.717, 1.165) is 16.7 Å². The Morgan fingerprint density at radius 1 is 0.673 bits per heavy atom. The molecule has 0 aliphatic heterocycles. The van der Waals surface area contributed by atoms with Gasteiger partial charge in [0.1, 0.15) is 27.9 Å². The van der Waals surface area contributed by atoms with Gasteiger partial charge in [-0.1, -0.05) is 37.5 Å². The van der Waals surface area contributed by atoms with E-state index in [1.54, 1.807) is 51.7 Å². The number of hydrogen-bond donors (Lipinski definition) is 0. The Morgan fingerprint density at radius 2 is 1.00 bits per heavy atom. The zero-order valence-electron chi connectivity index (χ0n) is 32.3. The van der Waals surface area contributed by atoms with Gasteiger partial charge in [-0.2, -0.15) is 15.3 Å². The third-order valence-electron chi connectivity index (χ3n) is 8.29. The van der Waals surface area contributed by atoms with Gasteiger partial charge in [0.2, 0.25) is 4.89 Å². The lowest BCUT2D eigenvalue weighted by Crippen LogP contribution is -2.30. The number of rotatable bonds is 20. The third-order valence-corrected chi connectivity index (χ3v) is 19.4. The molecule has 0 amide bonds. The first kappa shape index (κ1) is 46.7. The average Bonchev–Trinajstić information content (AvgIpc) is 3.15. The summed E-state index contributed by atoms with van der Waals surface area (Å²) in [4.78, 5) is 0.154. The van der Waals surface area contributed by atoms with E-state index < -0.39 is 35.0 Å². The molecule has 0 N–H and O–H groups in total. The van der Waals surface area contributed by atoms with E-state index in [-0.39, 0.29) is 0 Å². The maximum absolute atomic E-state index is 8.73. The Hall–Kier alpha value is -2.69. The molecule has 0 saturated carbocycles. The van der Waals surface area contributed by atoms with Crippen molar-refractivity contribution in [1.29, 1.82) is 0 Å². The first-order chi connectivity index (χ1) is 25.7. The molecule has 0 heterocycles. The molecule has 3 rings (SSSR count). The normalized spacial score (nSPS) is 15.5.